The third-order valence-electron chi connectivity index (χ3n) is 10.0. The van der Waals surface area contributed by atoms with Crippen molar-refractivity contribution in [1.82, 2.24) is 9.88 Å². The van der Waals surface area contributed by atoms with Crippen LogP contribution in [0.5, 0.6) is 0 Å². The highest BCUT2D eigenvalue weighted by molar-refractivity contribution is 6.30. The Balaban J connectivity index is 1.30. The summed E-state index contributed by atoms with van der Waals surface area (Å²) in [5.41, 5.74) is 0.0819. The molecule has 2 heterocycles. The fourth-order valence-electron chi connectivity index (χ4n) is 8.18. The van der Waals surface area contributed by atoms with Gasteiger partial charge < -0.3 is 10.2 Å². The summed E-state index contributed by atoms with van der Waals surface area (Å²) in [4.78, 5) is 30.8. The van der Waals surface area contributed by atoms with Crippen LogP contribution in [0.25, 0.3) is 0 Å². The summed E-state index contributed by atoms with van der Waals surface area (Å²) in [7, 11) is 1.85. The number of carbonyl (C=O) groups is 2. The van der Waals surface area contributed by atoms with Crippen molar-refractivity contribution < 1.29 is 22.8 Å². The lowest BCUT2D eigenvalue weighted by molar-refractivity contribution is -0.138. The minimum absolute atomic E-state index is 0.00744. The number of amides is 2. The van der Waals surface area contributed by atoms with E-state index in [0.29, 0.717) is 30.6 Å². The first-order valence-electron chi connectivity index (χ1n) is 12.8. The van der Waals surface area contributed by atoms with E-state index < -0.39 is 11.7 Å². The van der Waals surface area contributed by atoms with Crippen molar-refractivity contribution >= 4 is 29.2 Å². The Morgan fingerprint density at radius 1 is 1.19 bits per heavy atom. The molecule has 1 aromatic heterocycles. The van der Waals surface area contributed by atoms with Crippen LogP contribution in [-0.4, -0.2) is 28.7 Å². The quantitative estimate of drug-likeness (QED) is 0.485. The molecule has 5 rings (SSSR count). The summed E-state index contributed by atoms with van der Waals surface area (Å²) in [6.45, 7) is 4.59. The Hall–Kier alpha value is -2.09. The SMILES string of the molecule is CN1C(=O)CC[C@@]2(C)C1=C(Cl)C[C@H]1[C@@H]3CC[C@H](CC(=O)Nc4ccc(C(F)(F)F)cn4)[C@@]3(C)CC[C@@H]12. The van der Waals surface area contributed by atoms with Gasteiger partial charge in [-0.05, 0) is 79.7 Å². The van der Waals surface area contributed by atoms with Crippen LogP contribution in [0.3, 0.4) is 0 Å². The highest BCUT2D eigenvalue weighted by Gasteiger charge is 2.60. The van der Waals surface area contributed by atoms with Gasteiger partial charge in [0, 0.05) is 42.2 Å². The van der Waals surface area contributed by atoms with Crippen molar-refractivity contribution in [3.8, 4) is 0 Å². The van der Waals surface area contributed by atoms with Gasteiger partial charge in [0.25, 0.3) is 0 Å². The normalized spacial score (nSPS) is 36.3. The van der Waals surface area contributed by atoms with Crippen molar-refractivity contribution in [2.75, 3.05) is 12.4 Å². The molecule has 36 heavy (non-hydrogen) atoms. The predicted molar refractivity (Wildman–Crippen MR) is 131 cm³/mol. The van der Waals surface area contributed by atoms with E-state index in [9.17, 15) is 22.8 Å². The van der Waals surface area contributed by atoms with E-state index in [-0.39, 0.29) is 34.4 Å². The molecule has 6 atom stereocenters. The average Bonchev–Trinajstić information content (AvgIpc) is 3.12. The second kappa shape index (κ2) is 8.74. The Labute approximate surface area is 214 Å². The lowest BCUT2D eigenvalue weighted by atomic mass is 9.49. The summed E-state index contributed by atoms with van der Waals surface area (Å²) >= 11 is 6.89. The summed E-state index contributed by atoms with van der Waals surface area (Å²) in [5.74, 6) is 1.60. The van der Waals surface area contributed by atoms with Gasteiger partial charge in [0.2, 0.25) is 11.8 Å². The number of aromatic nitrogens is 1. The molecule has 1 saturated heterocycles. The van der Waals surface area contributed by atoms with E-state index >= 15 is 0 Å². The number of anilines is 1. The maximum Gasteiger partial charge on any atom is 0.417 e. The molecule has 1 aromatic rings. The molecular formula is C27H33ClF3N3O2. The van der Waals surface area contributed by atoms with Crippen molar-refractivity contribution in [3.05, 3.63) is 34.6 Å². The maximum absolute atomic E-state index is 12.9. The van der Waals surface area contributed by atoms with E-state index in [2.05, 4.69) is 24.1 Å². The van der Waals surface area contributed by atoms with Gasteiger partial charge in [0.05, 0.1) is 5.56 Å². The molecule has 0 radical (unpaired) electrons. The predicted octanol–water partition coefficient (Wildman–Crippen LogP) is 6.60. The van der Waals surface area contributed by atoms with E-state index in [1.54, 1.807) is 4.90 Å². The van der Waals surface area contributed by atoms with Crippen LogP contribution in [0.4, 0.5) is 19.0 Å². The van der Waals surface area contributed by atoms with Gasteiger partial charge in [-0.15, -0.1) is 0 Å². The smallest absolute Gasteiger partial charge is 0.318 e. The average molecular weight is 524 g/mol. The Morgan fingerprint density at radius 2 is 1.94 bits per heavy atom. The van der Waals surface area contributed by atoms with E-state index in [1.165, 1.54) is 6.07 Å². The van der Waals surface area contributed by atoms with Crippen LogP contribution in [-0.2, 0) is 15.8 Å². The van der Waals surface area contributed by atoms with Gasteiger partial charge in [-0.3, -0.25) is 9.59 Å². The minimum atomic E-state index is -4.46. The molecule has 0 aromatic carbocycles. The molecule has 4 aliphatic rings. The van der Waals surface area contributed by atoms with Gasteiger partial charge in [-0.25, -0.2) is 4.98 Å². The van der Waals surface area contributed by atoms with Crippen molar-refractivity contribution in [3.63, 3.8) is 0 Å². The van der Waals surface area contributed by atoms with Crippen molar-refractivity contribution in [1.29, 1.82) is 0 Å². The number of rotatable bonds is 3. The second-order valence-corrected chi connectivity index (χ2v) is 12.2. The molecule has 3 fully saturated rings. The summed E-state index contributed by atoms with van der Waals surface area (Å²) in [5, 5.41) is 3.51. The molecule has 5 nitrogen and oxygen atoms in total. The number of hydrogen-bond donors (Lipinski definition) is 1. The molecule has 1 aliphatic heterocycles. The molecular weight excluding hydrogens is 491 g/mol. The standard InChI is InChI=1S/C27H33ClF3N3O2/c1-25-10-8-19-17(13-20(28)24-26(19,2)11-9-23(36)34(24)3)18(25)6-4-15(25)12-22(35)33-21-7-5-16(14-32-21)27(29,30)31/h5,7,14-15,17-19H,4,6,8-13H2,1-3H3,(H,32,33,35)/t15-,17+,18+,19+,25-,26-/m1/s1. The number of alkyl halides is 3. The molecule has 0 unspecified atom stereocenters. The number of likely N-dealkylation sites (tertiary alicyclic amines) is 1. The largest absolute Gasteiger partial charge is 0.417 e. The van der Waals surface area contributed by atoms with E-state index in [4.69, 9.17) is 11.6 Å². The third-order valence-corrected chi connectivity index (χ3v) is 10.4. The number of halogens is 4. The molecule has 9 heteroatoms. The molecule has 3 aliphatic carbocycles. The van der Waals surface area contributed by atoms with Crippen molar-refractivity contribution in [2.45, 2.75) is 71.4 Å². The Kier molecular flexibility index (Phi) is 6.21. The van der Waals surface area contributed by atoms with Gasteiger partial charge in [-0.1, -0.05) is 25.4 Å². The number of nitrogens with one attached hydrogen (secondary N) is 1. The molecule has 2 saturated carbocycles. The summed E-state index contributed by atoms with van der Waals surface area (Å²) in [6.07, 6.45) is 2.83. The first-order chi connectivity index (χ1) is 16.8. The topological polar surface area (TPSA) is 62.3 Å². The molecule has 0 bridgehead atoms. The number of piperidine rings is 1. The van der Waals surface area contributed by atoms with Gasteiger partial charge in [0.1, 0.15) is 5.82 Å². The minimum Gasteiger partial charge on any atom is -0.318 e. The molecule has 0 spiro atoms. The highest BCUT2D eigenvalue weighted by Crippen LogP contribution is 2.67. The van der Waals surface area contributed by atoms with Gasteiger partial charge in [-0.2, -0.15) is 13.2 Å². The number of pyridine rings is 1. The maximum atomic E-state index is 12.9. The van der Waals surface area contributed by atoms with Crippen LogP contribution in [0.1, 0.15) is 70.8 Å². The van der Waals surface area contributed by atoms with Gasteiger partial charge in [0.15, 0.2) is 0 Å². The highest BCUT2D eigenvalue weighted by atomic mass is 35.5. The van der Waals surface area contributed by atoms with Crippen LogP contribution in [0, 0.1) is 34.5 Å². The van der Waals surface area contributed by atoms with Crippen molar-refractivity contribution in [2.24, 2.45) is 34.5 Å². The van der Waals surface area contributed by atoms with Crippen LogP contribution < -0.4 is 5.32 Å². The third kappa shape index (κ3) is 4.04. The summed E-state index contributed by atoms with van der Waals surface area (Å²) < 4.78 is 38.4. The Morgan fingerprint density at radius 3 is 2.61 bits per heavy atom. The summed E-state index contributed by atoms with van der Waals surface area (Å²) in [6, 6.07) is 2.13. The fraction of sp³-hybridized carbons (Fsp3) is 0.667. The fourth-order valence-corrected chi connectivity index (χ4v) is 8.70. The first-order valence-corrected chi connectivity index (χ1v) is 13.2. The van der Waals surface area contributed by atoms with Gasteiger partial charge >= 0.3 is 6.18 Å². The lowest BCUT2D eigenvalue weighted by Gasteiger charge is -2.59. The number of hydrogen-bond acceptors (Lipinski definition) is 3. The van der Waals surface area contributed by atoms with E-state index in [1.807, 2.05) is 7.05 Å². The zero-order valence-electron chi connectivity index (χ0n) is 20.9. The molecule has 2 amide bonds. The van der Waals surface area contributed by atoms with Crippen LogP contribution in [0.2, 0.25) is 0 Å². The number of allylic oxidation sites excluding steroid dienone is 2. The first kappa shape index (κ1) is 25.6. The molecule has 196 valence electrons. The Bertz CT molecular complexity index is 1100. The van der Waals surface area contributed by atoms with Crippen LogP contribution >= 0.6 is 11.6 Å². The second-order valence-electron chi connectivity index (χ2n) is 11.7. The van der Waals surface area contributed by atoms with Crippen LogP contribution in [0.15, 0.2) is 29.1 Å². The number of nitrogens with zero attached hydrogens (tertiary/aromatic N) is 2. The monoisotopic (exact) mass is 523 g/mol. The zero-order chi connectivity index (χ0) is 26.0. The van der Waals surface area contributed by atoms with E-state index in [0.717, 1.165) is 61.5 Å². The number of carbonyl (C=O) groups excluding carboxylic acids is 2. The lowest BCUT2D eigenvalue weighted by Crippen LogP contribution is -2.54. The zero-order valence-corrected chi connectivity index (χ0v) is 21.7. The number of fused-ring (bicyclic) bond motifs is 5. The molecule has 1 N–H and O–H groups in total.